The molecule has 0 aliphatic rings. The van der Waals surface area contributed by atoms with Crippen molar-refractivity contribution in [1.82, 2.24) is 0 Å². The highest BCUT2D eigenvalue weighted by Gasteiger charge is 2.17. The van der Waals surface area contributed by atoms with E-state index in [0.717, 1.165) is 6.07 Å². The second-order valence-electron chi connectivity index (χ2n) is 4.03. The van der Waals surface area contributed by atoms with Gasteiger partial charge >= 0.3 is 0 Å². The van der Waals surface area contributed by atoms with Crippen LogP contribution in [0.2, 0.25) is 5.02 Å². The monoisotopic (exact) mass is 326 g/mol. The molecule has 0 heterocycles. The van der Waals surface area contributed by atoms with E-state index in [2.05, 4.69) is 4.72 Å². The first-order chi connectivity index (χ1) is 9.83. The Hall–Kier alpha value is -2.30. The molecule has 2 rings (SSSR count). The lowest BCUT2D eigenvalue weighted by Crippen LogP contribution is -2.13. The summed E-state index contributed by atoms with van der Waals surface area (Å²) < 4.78 is 39.4. The zero-order chi connectivity index (χ0) is 15.6. The van der Waals surface area contributed by atoms with Gasteiger partial charge in [-0.25, -0.2) is 12.8 Å². The van der Waals surface area contributed by atoms with E-state index in [-0.39, 0.29) is 15.6 Å². The Morgan fingerprint density at radius 2 is 1.86 bits per heavy atom. The number of rotatable bonds is 3. The lowest BCUT2D eigenvalue weighted by Gasteiger charge is -2.10. The fourth-order valence-electron chi connectivity index (χ4n) is 1.53. The molecule has 0 atom stereocenters. The van der Waals surface area contributed by atoms with E-state index in [1.807, 2.05) is 6.07 Å². The number of hydrogen-bond acceptors (Lipinski definition) is 4. The molecule has 0 saturated heterocycles. The van der Waals surface area contributed by atoms with E-state index >= 15 is 0 Å². The summed E-state index contributed by atoms with van der Waals surface area (Å²) in [5, 5.41) is 17.9. The molecule has 5 nitrogen and oxygen atoms in total. The summed E-state index contributed by atoms with van der Waals surface area (Å²) in [5.41, 5.74) is 0.0624. The lowest BCUT2D eigenvalue weighted by molar-refractivity contribution is 0.471. The third-order valence-electron chi connectivity index (χ3n) is 2.58. The number of halogens is 2. The van der Waals surface area contributed by atoms with Gasteiger partial charge in [0.05, 0.1) is 27.2 Å². The van der Waals surface area contributed by atoms with Crippen molar-refractivity contribution in [3.05, 3.63) is 52.8 Å². The van der Waals surface area contributed by atoms with Crippen molar-refractivity contribution in [2.75, 3.05) is 4.72 Å². The Labute approximate surface area is 125 Å². The molecule has 0 amide bonds. The standard InChI is InChI=1S/C13H8ClFN2O3S/c14-10-5-12(13(18)6-11(10)15)17-21(19,20)9-3-1-8(7-16)2-4-9/h1-6,17-18H. The van der Waals surface area contributed by atoms with E-state index < -0.39 is 21.6 Å². The molecular formula is C13H8ClFN2O3S. The first-order valence-corrected chi connectivity index (χ1v) is 7.40. The SMILES string of the molecule is N#Cc1ccc(S(=O)(=O)Nc2cc(Cl)c(F)cc2O)cc1. The molecule has 2 aromatic carbocycles. The molecule has 2 N–H and O–H groups in total. The average molecular weight is 327 g/mol. The van der Waals surface area contributed by atoms with Crippen LogP contribution < -0.4 is 4.72 Å². The molecular weight excluding hydrogens is 319 g/mol. The molecule has 0 aromatic heterocycles. The summed E-state index contributed by atoms with van der Waals surface area (Å²) in [7, 11) is -3.99. The molecule has 0 bridgehead atoms. The van der Waals surface area contributed by atoms with Gasteiger partial charge in [-0.3, -0.25) is 4.72 Å². The highest BCUT2D eigenvalue weighted by Crippen LogP contribution is 2.31. The van der Waals surface area contributed by atoms with Gasteiger partial charge in [0.15, 0.2) is 0 Å². The van der Waals surface area contributed by atoms with E-state index in [4.69, 9.17) is 16.9 Å². The minimum Gasteiger partial charge on any atom is -0.506 e. The summed E-state index contributed by atoms with van der Waals surface area (Å²) in [6, 6.07) is 8.69. The third-order valence-corrected chi connectivity index (χ3v) is 4.25. The molecule has 0 aliphatic carbocycles. The molecule has 8 heteroatoms. The van der Waals surface area contributed by atoms with Crippen molar-refractivity contribution in [1.29, 1.82) is 5.26 Å². The summed E-state index contributed by atoms with van der Waals surface area (Å²) in [5.74, 6) is -1.45. The predicted molar refractivity (Wildman–Crippen MR) is 75.0 cm³/mol. The third kappa shape index (κ3) is 3.24. The molecule has 0 aliphatic heterocycles. The predicted octanol–water partition coefficient (Wildman–Crippen LogP) is 2.86. The van der Waals surface area contributed by atoms with Gasteiger partial charge < -0.3 is 5.11 Å². The van der Waals surface area contributed by atoms with E-state index in [1.165, 1.54) is 24.3 Å². The Balaban J connectivity index is 2.37. The maximum atomic E-state index is 13.1. The summed E-state index contributed by atoms with van der Waals surface area (Å²) in [6.45, 7) is 0. The zero-order valence-electron chi connectivity index (χ0n) is 10.3. The number of anilines is 1. The number of sulfonamides is 1. The highest BCUT2D eigenvalue weighted by molar-refractivity contribution is 7.92. The number of aromatic hydroxyl groups is 1. The molecule has 0 spiro atoms. The van der Waals surface area contributed by atoms with Crippen LogP contribution in [0.25, 0.3) is 0 Å². The Morgan fingerprint density at radius 1 is 1.24 bits per heavy atom. The normalized spacial score (nSPS) is 10.9. The van der Waals surface area contributed by atoms with Crippen LogP contribution in [-0.2, 0) is 10.0 Å². The Morgan fingerprint density at radius 3 is 2.43 bits per heavy atom. The largest absolute Gasteiger partial charge is 0.506 e. The van der Waals surface area contributed by atoms with Gasteiger partial charge in [0.1, 0.15) is 11.6 Å². The van der Waals surface area contributed by atoms with Crippen LogP contribution in [-0.4, -0.2) is 13.5 Å². The second-order valence-corrected chi connectivity index (χ2v) is 6.11. The van der Waals surface area contributed by atoms with Gasteiger partial charge in [0.25, 0.3) is 10.0 Å². The van der Waals surface area contributed by atoms with Crippen LogP contribution in [0.3, 0.4) is 0 Å². The number of benzene rings is 2. The Kier molecular flexibility index (Phi) is 4.02. The maximum absolute atomic E-state index is 13.1. The number of nitrogens with zero attached hydrogens (tertiary/aromatic N) is 1. The van der Waals surface area contributed by atoms with Crippen LogP contribution in [0.4, 0.5) is 10.1 Å². The molecule has 0 fully saturated rings. The van der Waals surface area contributed by atoms with Crippen molar-refractivity contribution in [2.24, 2.45) is 0 Å². The first kappa shape index (κ1) is 15.1. The Bertz CT molecular complexity index is 830. The zero-order valence-corrected chi connectivity index (χ0v) is 11.9. The van der Waals surface area contributed by atoms with Crippen molar-refractivity contribution in [2.45, 2.75) is 4.90 Å². The second kappa shape index (κ2) is 5.60. The van der Waals surface area contributed by atoms with Crippen LogP contribution >= 0.6 is 11.6 Å². The highest BCUT2D eigenvalue weighted by atomic mass is 35.5. The van der Waals surface area contributed by atoms with Gasteiger partial charge in [-0.2, -0.15) is 5.26 Å². The van der Waals surface area contributed by atoms with Crippen LogP contribution in [0.15, 0.2) is 41.3 Å². The van der Waals surface area contributed by atoms with Crippen molar-refractivity contribution in [3.63, 3.8) is 0 Å². The molecule has 0 unspecified atom stereocenters. The van der Waals surface area contributed by atoms with Crippen LogP contribution in [0.5, 0.6) is 5.75 Å². The number of nitrogens with one attached hydrogen (secondary N) is 1. The minimum absolute atomic E-state index is 0.110. The fraction of sp³-hybridized carbons (Fsp3) is 0. The smallest absolute Gasteiger partial charge is 0.262 e. The number of nitriles is 1. The van der Waals surface area contributed by atoms with Crippen LogP contribution in [0, 0.1) is 17.1 Å². The van der Waals surface area contributed by atoms with Crippen molar-refractivity contribution in [3.8, 4) is 11.8 Å². The summed E-state index contributed by atoms with van der Waals surface area (Å²) in [4.78, 5) is -0.110. The van der Waals surface area contributed by atoms with E-state index in [9.17, 15) is 17.9 Å². The van der Waals surface area contributed by atoms with Gasteiger partial charge in [-0.1, -0.05) is 11.6 Å². The molecule has 21 heavy (non-hydrogen) atoms. The first-order valence-electron chi connectivity index (χ1n) is 5.54. The molecule has 0 saturated carbocycles. The number of hydrogen-bond donors (Lipinski definition) is 2. The molecule has 108 valence electrons. The average Bonchev–Trinajstić information content (AvgIpc) is 2.44. The van der Waals surface area contributed by atoms with Crippen LogP contribution in [0.1, 0.15) is 5.56 Å². The number of phenols is 1. The lowest BCUT2D eigenvalue weighted by atomic mass is 10.2. The maximum Gasteiger partial charge on any atom is 0.262 e. The van der Waals surface area contributed by atoms with Crippen molar-refractivity contribution < 1.29 is 17.9 Å². The van der Waals surface area contributed by atoms with Crippen molar-refractivity contribution >= 4 is 27.3 Å². The quantitative estimate of drug-likeness (QED) is 0.849. The number of phenolic OH excluding ortho intramolecular Hbond substituents is 1. The van der Waals surface area contributed by atoms with Gasteiger partial charge in [-0.05, 0) is 30.3 Å². The topological polar surface area (TPSA) is 90.2 Å². The molecule has 2 aromatic rings. The van der Waals surface area contributed by atoms with E-state index in [1.54, 1.807) is 0 Å². The summed E-state index contributed by atoms with van der Waals surface area (Å²) in [6.07, 6.45) is 0. The van der Waals surface area contributed by atoms with Gasteiger partial charge in [0, 0.05) is 6.07 Å². The molecule has 0 radical (unpaired) electrons. The van der Waals surface area contributed by atoms with Gasteiger partial charge in [0.2, 0.25) is 0 Å². The minimum atomic E-state index is -3.99. The fourth-order valence-corrected chi connectivity index (χ4v) is 2.76. The van der Waals surface area contributed by atoms with E-state index in [0.29, 0.717) is 11.6 Å². The summed E-state index contributed by atoms with van der Waals surface area (Å²) >= 11 is 5.54. The van der Waals surface area contributed by atoms with Gasteiger partial charge in [-0.15, -0.1) is 0 Å².